The van der Waals surface area contributed by atoms with Crippen LogP contribution in [0.2, 0.25) is 0 Å². The van der Waals surface area contributed by atoms with Gasteiger partial charge in [0, 0.05) is 0 Å². The summed E-state index contributed by atoms with van der Waals surface area (Å²) in [6, 6.07) is 4.20. The Kier molecular flexibility index (Phi) is 2.94. The van der Waals surface area contributed by atoms with Crippen molar-refractivity contribution in [3.63, 3.8) is 0 Å². The van der Waals surface area contributed by atoms with Crippen LogP contribution < -0.4 is 9.47 Å². The van der Waals surface area contributed by atoms with E-state index in [1.54, 1.807) is 0 Å². The zero-order valence-corrected chi connectivity index (χ0v) is 8.51. The van der Waals surface area contributed by atoms with Crippen LogP contribution in [-0.4, -0.2) is 13.0 Å². The number of fused-ring (bicyclic) bond motifs is 1. The van der Waals surface area contributed by atoms with E-state index in [1.165, 1.54) is 18.2 Å². The van der Waals surface area contributed by atoms with Crippen molar-refractivity contribution in [1.82, 2.24) is 0 Å². The van der Waals surface area contributed by atoms with Crippen molar-refractivity contribution < 1.29 is 22.6 Å². The van der Waals surface area contributed by atoms with Gasteiger partial charge in [-0.1, -0.05) is 0 Å². The Balaban J connectivity index is 2.21. The lowest BCUT2D eigenvalue weighted by molar-refractivity contribution is -0.274. The molecule has 0 spiro atoms. The maximum absolute atomic E-state index is 12.0. The number of halogens is 3. The largest absolute Gasteiger partial charge is 0.573 e. The lowest BCUT2D eigenvalue weighted by atomic mass is 10.1. The average molecular weight is 232 g/mol. The van der Waals surface area contributed by atoms with Crippen molar-refractivity contribution in [1.29, 1.82) is 0 Å². The van der Waals surface area contributed by atoms with Crippen molar-refractivity contribution in [2.45, 2.75) is 25.6 Å². The highest BCUT2D eigenvalue weighted by Crippen LogP contribution is 2.30. The van der Waals surface area contributed by atoms with E-state index in [0.29, 0.717) is 12.4 Å². The fourth-order valence-corrected chi connectivity index (χ4v) is 1.69. The van der Waals surface area contributed by atoms with E-state index in [9.17, 15) is 13.2 Å². The second kappa shape index (κ2) is 4.23. The number of rotatable bonds is 1. The summed E-state index contributed by atoms with van der Waals surface area (Å²) in [5.41, 5.74) is 0.777. The molecule has 88 valence electrons. The molecule has 1 heterocycles. The van der Waals surface area contributed by atoms with Gasteiger partial charge in [0.05, 0.1) is 6.61 Å². The summed E-state index contributed by atoms with van der Waals surface area (Å²) in [6.07, 6.45) is -2.07. The highest BCUT2D eigenvalue weighted by atomic mass is 19.4. The molecule has 0 radical (unpaired) electrons. The van der Waals surface area contributed by atoms with Gasteiger partial charge >= 0.3 is 6.36 Å². The van der Waals surface area contributed by atoms with Gasteiger partial charge in [-0.25, -0.2) is 0 Å². The number of hydrogen-bond donors (Lipinski definition) is 0. The molecule has 1 aliphatic heterocycles. The fraction of sp³-hybridized carbons (Fsp3) is 0.455. The standard InChI is InChI=1S/C11H11F3O2/c12-11(13,14)16-9-4-5-10-8(7-9)3-1-2-6-15-10/h4-5,7H,1-3,6H2. The van der Waals surface area contributed by atoms with Crippen LogP contribution >= 0.6 is 0 Å². The Bertz CT molecular complexity index is 374. The van der Waals surface area contributed by atoms with Crippen molar-refractivity contribution in [3.05, 3.63) is 23.8 Å². The van der Waals surface area contributed by atoms with Crippen LogP contribution in [0.5, 0.6) is 11.5 Å². The second-order valence-corrected chi connectivity index (χ2v) is 3.62. The lowest BCUT2D eigenvalue weighted by Gasteiger charge is -2.11. The van der Waals surface area contributed by atoms with E-state index in [4.69, 9.17) is 4.74 Å². The molecule has 0 unspecified atom stereocenters. The van der Waals surface area contributed by atoms with Crippen LogP contribution in [0.3, 0.4) is 0 Å². The van der Waals surface area contributed by atoms with Crippen molar-refractivity contribution in [2.75, 3.05) is 6.61 Å². The van der Waals surface area contributed by atoms with Crippen LogP contribution in [0.4, 0.5) is 13.2 Å². The Morgan fingerprint density at radius 3 is 2.75 bits per heavy atom. The van der Waals surface area contributed by atoms with E-state index in [1.807, 2.05) is 0 Å². The highest BCUT2D eigenvalue weighted by Gasteiger charge is 2.31. The number of ether oxygens (including phenoxy) is 2. The van der Waals surface area contributed by atoms with Gasteiger partial charge < -0.3 is 9.47 Å². The summed E-state index contributed by atoms with van der Waals surface area (Å²) in [4.78, 5) is 0. The first-order valence-electron chi connectivity index (χ1n) is 5.06. The molecule has 0 fully saturated rings. The molecule has 2 rings (SSSR count). The van der Waals surface area contributed by atoms with Crippen LogP contribution in [0.15, 0.2) is 18.2 Å². The third kappa shape index (κ3) is 2.81. The normalized spacial score (nSPS) is 15.9. The first kappa shape index (κ1) is 11.1. The lowest BCUT2D eigenvalue weighted by Crippen LogP contribution is -2.17. The molecule has 0 N–H and O–H groups in total. The number of hydrogen-bond acceptors (Lipinski definition) is 2. The molecule has 1 aromatic rings. The van der Waals surface area contributed by atoms with E-state index in [2.05, 4.69) is 4.74 Å². The summed E-state index contributed by atoms with van der Waals surface area (Å²) < 4.78 is 45.3. The maximum Gasteiger partial charge on any atom is 0.573 e. The van der Waals surface area contributed by atoms with Crippen LogP contribution in [-0.2, 0) is 6.42 Å². The monoisotopic (exact) mass is 232 g/mol. The van der Waals surface area contributed by atoms with Gasteiger partial charge in [-0.15, -0.1) is 13.2 Å². The summed E-state index contributed by atoms with van der Waals surface area (Å²) in [7, 11) is 0. The first-order valence-corrected chi connectivity index (χ1v) is 5.06. The predicted molar refractivity (Wildman–Crippen MR) is 51.6 cm³/mol. The third-order valence-electron chi connectivity index (χ3n) is 2.36. The van der Waals surface area contributed by atoms with Gasteiger partial charge in [-0.2, -0.15) is 0 Å². The molecular formula is C11H11F3O2. The molecular weight excluding hydrogens is 221 g/mol. The second-order valence-electron chi connectivity index (χ2n) is 3.62. The molecule has 0 bridgehead atoms. The maximum atomic E-state index is 12.0. The number of alkyl halides is 3. The Morgan fingerprint density at radius 2 is 2.00 bits per heavy atom. The molecule has 16 heavy (non-hydrogen) atoms. The fourth-order valence-electron chi connectivity index (χ4n) is 1.69. The van der Waals surface area contributed by atoms with Gasteiger partial charge in [0.25, 0.3) is 0 Å². The summed E-state index contributed by atoms with van der Waals surface area (Å²) in [5.74, 6) is 0.476. The molecule has 0 saturated carbocycles. The molecule has 0 atom stereocenters. The minimum absolute atomic E-state index is 0.184. The zero-order valence-electron chi connectivity index (χ0n) is 8.51. The smallest absolute Gasteiger partial charge is 0.493 e. The van der Waals surface area contributed by atoms with Crippen LogP contribution in [0, 0.1) is 0 Å². The third-order valence-corrected chi connectivity index (χ3v) is 2.36. The minimum Gasteiger partial charge on any atom is -0.493 e. The average Bonchev–Trinajstić information content (AvgIpc) is 2.39. The Morgan fingerprint density at radius 1 is 1.19 bits per heavy atom. The molecule has 0 aromatic heterocycles. The van der Waals surface area contributed by atoms with Crippen molar-refractivity contribution in [2.24, 2.45) is 0 Å². The summed E-state index contributed by atoms with van der Waals surface area (Å²) in [5, 5.41) is 0. The highest BCUT2D eigenvalue weighted by molar-refractivity contribution is 5.40. The Hall–Kier alpha value is -1.39. The van der Waals surface area contributed by atoms with E-state index in [0.717, 1.165) is 24.8 Å². The van der Waals surface area contributed by atoms with Crippen LogP contribution in [0.1, 0.15) is 18.4 Å². The molecule has 0 aliphatic carbocycles. The van der Waals surface area contributed by atoms with E-state index >= 15 is 0 Å². The van der Waals surface area contributed by atoms with Gasteiger partial charge in [0.15, 0.2) is 0 Å². The van der Waals surface area contributed by atoms with Gasteiger partial charge in [0.1, 0.15) is 11.5 Å². The zero-order chi connectivity index (χ0) is 11.6. The minimum atomic E-state index is -4.64. The summed E-state index contributed by atoms with van der Waals surface area (Å²) >= 11 is 0. The molecule has 0 saturated heterocycles. The van der Waals surface area contributed by atoms with E-state index in [-0.39, 0.29) is 5.75 Å². The predicted octanol–water partition coefficient (Wildman–Crippen LogP) is 3.30. The number of benzene rings is 1. The molecule has 1 aliphatic rings. The molecule has 2 nitrogen and oxygen atoms in total. The van der Waals surface area contributed by atoms with Gasteiger partial charge in [-0.05, 0) is 43.0 Å². The Labute approximate surface area is 91.0 Å². The van der Waals surface area contributed by atoms with Gasteiger partial charge in [0.2, 0.25) is 0 Å². The molecule has 0 amide bonds. The van der Waals surface area contributed by atoms with Gasteiger partial charge in [-0.3, -0.25) is 0 Å². The quantitative estimate of drug-likeness (QED) is 0.739. The van der Waals surface area contributed by atoms with E-state index < -0.39 is 6.36 Å². The summed E-state index contributed by atoms with van der Waals surface area (Å²) in [6.45, 7) is 0.618. The van der Waals surface area contributed by atoms with Crippen LogP contribution in [0.25, 0.3) is 0 Å². The number of aryl methyl sites for hydroxylation is 1. The first-order chi connectivity index (χ1) is 7.54. The molecule has 1 aromatic carbocycles. The van der Waals surface area contributed by atoms with Crippen molar-refractivity contribution in [3.8, 4) is 11.5 Å². The SMILES string of the molecule is FC(F)(F)Oc1ccc2c(c1)CCCCO2. The topological polar surface area (TPSA) is 18.5 Å². The molecule has 5 heteroatoms. The van der Waals surface area contributed by atoms with Crippen molar-refractivity contribution >= 4 is 0 Å².